The number of carbonyl (C=O) groups excluding carboxylic acids is 1. The third-order valence-corrected chi connectivity index (χ3v) is 5.68. The number of nitrogens with two attached hydrogens (primary N) is 1. The molecular formula is C20H24F4N2O2. The standard InChI is InChI=1S/C20H24F4N2O2/c21-11-14(12-25)13-28-17-3-1-15(2-4-17)16-5-9-26(10-6-16)18(27)19(7-8-19)20(22,23)24/h1-4,11,16H,5-10,12-13,25H2/b14-11+. The van der Waals surface area contributed by atoms with E-state index in [1.807, 2.05) is 12.1 Å². The predicted molar refractivity (Wildman–Crippen MR) is 96.5 cm³/mol. The zero-order valence-corrected chi connectivity index (χ0v) is 15.5. The summed E-state index contributed by atoms with van der Waals surface area (Å²) in [6.07, 6.45) is -2.96. The molecule has 1 saturated heterocycles. The Morgan fingerprint density at radius 1 is 1.21 bits per heavy atom. The molecule has 1 saturated carbocycles. The molecule has 1 amide bonds. The fraction of sp³-hybridized carbons (Fsp3) is 0.550. The Balaban J connectivity index is 1.53. The fourth-order valence-electron chi connectivity index (χ4n) is 3.61. The zero-order chi connectivity index (χ0) is 20.4. The van der Waals surface area contributed by atoms with Crippen LogP contribution in [-0.2, 0) is 4.79 Å². The van der Waals surface area contributed by atoms with Gasteiger partial charge in [-0.15, -0.1) is 0 Å². The third kappa shape index (κ3) is 4.16. The summed E-state index contributed by atoms with van der Waals surface area (Å²) in [6, 6.07) is 7.36. The van der Waals surface area contributed by atoms with Gasteiger partial charge in [-0.1, -0.05) is 12.1 Å². The summed E-state index contributed by atoms with van der Waals surface area (Å²) in [4.78, 5) is 13.7. The number of hydrogen-bond donors (Lipinski definition) is 1. The van der Waals surface area contributed by atoms with Gasteiger partial charge in [0, 0.05) is 25.2 Å². The molecule has 1 aliphatic heterocycles. The summed E-state index contributed by atoms with van der Waals surface area (Å²) in [6.45, 7) is 0.830. The van der Waals surface area contributed by atoms with Crippen LogP contribution >= 0.6 is 0 Å². The molecule has 2 N–H and O–H groups in total. The van der Waals surface area contributed by atoms with Crippen LogP contribution in [0.4, 0.5) is 17.6 Å². The maximum absolute atomic E-state index is 13.1. The molecule has 0 bridgehead atoms. The van der Waals surface area contributed by atoms with Crippen LogP contribution in [0.15, 0.2) is 36.2 Å². The van der Waals surface area contributed by atoms with Gasteiger partial charge in [0.15, 0.2) is 0 Å². The number of alkyl halides is 3. The highest BCUT2D eigenvalue weighted by Gasteiger charge is 2.69. The van der Waals surface area contributed by atoms with Crippen LogP contribution in [0.2, 0.25) is 0 Å². The highest BCUT2D eigenvalue weighted by Crippen LogP contribution is 2.58. The van der Waals surface area contributed by atoms with E-state index < -0.39 is 17.5 Å². The first-order valence-electron chi connectivity index (χ1n) is 9.38. The van der Waals surface area contributed by atoms with Crippen molar-refractivity contribution in [3.8, 4) is 5.75 Å². The van der Waals surface area contributed by atoms with Crippen molar-refractivity contribution in [1.29, 1.82) is 0 Å². The van der Waals surface area contributed by atoms with Gasteiger partial charge in [0.1, 0.15) is 17.8 Å². The van der Waals surface area contributed by atoms with Crippen molar-refractivity contribution in [3.63, 3.8) is 0 Å². The summed E-state index contributed by atoms with van der Waals surface area (Å²) in [7, 11) is 0. The number of halogens is 4. The minimum Gasteiger partial charge on any atom is -0.489 e. The van der Waals surface area contributed by atoms with E-state index >= 15 is 0 Å². The normalized spacial score (nSPS) is 20.2. The predicted octanol–water partition coefficient (Wildman–Crippen LogP) is 3.93. The van der Waals surface area contributed by atoms with Gasteiger partial charge >= 0.3 is 6.18 Å². The molecule has 1 aromatic carbocycles. The summed E-state index contributed by atoms with van der Waals surface area (Å²) in [5, 5.41) is 0. The van der Waals surface area contributed by atoms with Crippen molar-refractivity contribution in [1.82, 2.24) is 4.90 Å². The van der Waals surface area contributed by atoms with Gasteiger partial charge in [-0.05, 0) is 49.3 Å². The molecule has 154 valence electrons. The monoisotopic (exact) mass is 400 g/mol. The Labute approximate surface area is 161 Å². The van der Waals surface area contributed by atoms with Crippen molar-refractivity contribution in [2.24, 2.45) is 11.1 Å². The van der Waals surface area contributed by atoms with E-state index in [1.165, 1.54) is 4.90 Å². The Morgan fingerprint density at radius 3 is 2.29 bits per heavy atom. The van der Waals surface area contributed by atoms with Crippen LogP contribution in [0, 0.1) is 5.41 Å². The number of amides is 1. The number of hydrogen-bond acceptors (Lipinski definition) is 3. The van der Waals surface area contributed by atoms with E-state index in [9.17, 15) is 22.4 Å². The molecule has 2 aliphatic rings. The summed E-state index contributed by atoms with van der Waals surface area (Å²) in [5.74, 6) is 0.00770. The van der Waals surface area contributed by atoms with Gasteiger partial charge < -0.3 is 15.4 Å². The fourth-order valence-corrected chi connectivity index (χ4v) is 3.61. The topological polar surface area (TPSA) is 55.6 Å². The minimum absolute atomic E-state index is 0.0772. The van der Waals surface area contributed by atoms with E-state index in [4.69, 9.17) is 10.5 Å². The Kier molecular flexibility index (Phi) is 5.98. The van der Waals surface area contributed by atoms with Gasteiger partial charge in [-0.3, -0.25) is 4.79 Å². The van der Waals surface area contributed by atoms with Gasteiger partial charge in [0.2, 0.25) is 5.91 Å². The van der Waals surface area contributed by atoms with Crippen molar-refractivity contribution < 1.29 is 27.1 Å². The average Bonchev–Trinajstić information content (AvgIpc) is 3.51. The molecule has 1 aliphatic carbocycles. The Bertz CT molecular complexity index is 719. The first kappa shape index (κ1) is 20.6. The van der Waals surface area contributed by atoms with Crippen molar-refractivity contribution in [2.45, 2.75) is 37.8 Å². The summed E-state index contributed by atoms with van der Waals surface area (Å²) >= 11 is 0. The maximum Gasteiger partial charge on any atom is 0.403 e. The molecule has 1 aromatic rings. The second-order valence-corrected chi connectivity index (χ2v) is 7.48. The van der Waals surface area contributed by atoms with Gasteiger partial charge in [0.05, 0.1) is 6.33 Å². The van der Waals surface area contributed by atoms with E-state index in [2.05, 4.69) is 0 Å². The second kappa shape index (κ2) is 8.11. The lowest BCUT2D eigenvalue weighted by atomic mass is 9.88. The summed E-state index contributed by atoms with van der Waals surface area (Å²) < 4.78 is 57.4. The molecule has 0 atom stereocenters. The average molecular weight is 400 g/mol. The van der Waals surface area contributed by atoms with Crippen molar-refractivity contribution >= 4 is 5.91 Å². The quantitative estimate of drug-likeness (QED) is 0.737. The first-order valence-corrected chi connectivity index (χ1v) is 9.38. The SMILES string of the molecule is NC/C(=C\F)COc1ccc(C2CCN(C(=O)C3(C(F)(F)F)CC3)CC2)cc1. The zero-order valence-electron chi connectivity index (χ0n) is 15.5. The molecule has 3 rings (SSSR count). The number of rotatable bonds is 6. The van der Waals surface area contributed by atoms with E-state index in [0.29, 0.717) is 43.6 Å². The molecular weight excluding hydrogens is 376 g/mol. The van der Waals surface area contributed by atoms with Gasteiger partial charge in [-0.2, -0.15) is 13.2 Å². The molecule has 1 heterocycles. The lowest BCUT2D eigenvalue weighted by Crippen LogP contribution is -2.47. The maximum atomic E-state index is 13.1. The van der Waals surface area contributed by atoms with E-state index in [-0.39, 0.29) is 31.9 Å². The molecule has 4 nitrogen and oxygen atoms in total. The van der Waals surface area contributed by atoms with E-state index in [0.717, 1.165) is 5.56 Å². The number of ether oxygens (including phenoxy) is 1. The van der Waals surface area contributed by atoms with Crippen LogP contribution < -0.4 is 10.5 Å². The van der Waals surface area contributed by atoms with Crippen LogP contribution in [0.3, 0.4) is 0 Å². The Morgan fingerprint density at radius 2 is 1.82 bits per heavy atom. The van der Waals surface area contributed by atoms with Crippen LogP contribution in [0.1, 0.15) is 37.2 Å². The Hall–Kier alpha value is -2.09. The lowest BCUT2D eigenvalue weighted by Gasteiger charge is -2.35. The molecule has 0 spiro atoms. The van der Waals surface area contributed by atoms with Crippen molar-refractivity contribution in [3.05, 3.63) is 41.7 Å². The number of likely N-dealkylation sites (tertiary alicyclic amines) is 1. The van der Waals surface area contributed by atoms with Gasteiger partial charge in [-0.25, -0.2) is 4.39 Å². The number of carbonyl (C=O) groups is 1. The van der Waals surface area contributed by atoms with Crippen molar-refractivity contribution in [2.75, 3.05) is 26.2 Å². The molecule has 28 heavy (non-hydrogen) atoms. The lowest BCUT2D eigenvalue weighted by molar-refractivity contribution is -0.199. The third-order valence-electron chi connectivity index (χ3n) is 5.68. The molecule has 0 unspecified atom stereocenters. The number of benzene rings is 1. The number of piperidine rings is 1. The molecule has 8 heteroatoms. The largest absolute Gasteiger partial charge is 0.489 e. The first-order chi connectivity index (χ1) is 13.3. The van der Waals surface area contributed by atoms with E-state index in [1.54, 1.807) is 12.1 Å². The second-order valence-electron chi connectivity index (χ2n) is 7.48. The highest BCUT2D eigenvalue weighted by atomic mass is 19.4. The number of nitrogens with zero attached hydrogens (tertiary/aromatic N) is 1. The summed E-state index contributed by atoms with van der Waals surface area (Å²) in [5.41, 5.74) is 4.65. The molecule has 0 radical (unpaired) electrons. The van der Waals surface area contributed by atoms with Crippen LogP contribution in [0.5, 0.6) is 5.75 Å². The van der Waals surface area contributed by atoms with Crippen LogP contribution in [-0.4, -0.2) is 43.2 Å². The smallest absolute Gasteiger partial charge is 0.403 e. The minimum atomic E-state index is -4.46. The highest BCUT2D eigenvalue weighted by molar-refractivity contribution is 5.86. The molecule has 0 aromatic heterocycles. The molecule has 2 fully saturated rings. The van der Waals surface area contributed by atoms with Crippen LogP contribution in [0.25, 0.3) is 0 Å². The van der Waals surface area contributed by atoms with Gasteiger partial charge in [0.25, 0.3) is 0 Å².